The van der Waals surface area contributed by atoms with E-state index >= 15 is 4.39 Å². The predicted octanol–water partition coefficient (Wildman–Crippen LogP) is 7.55. The first-order chi connectivity index (χ1) is 22.2. The van der Waals surface area contributed by atoms with Gasteiger partial charge in [-0.25, -0.2) is 4.39 Å². The molecule has 0 bridgehead atoms. The normalized spacial score (nSPS) is 16.5. The quantitative estimate of drug-likeness (QED) is 0.172. The van der Waals surface area contributed by atoms with Crippen LogP contribution >= 0.6 is 0 Å². The fourth-order valence-electron chi connectivity index (χ4n) is 6.10. The van der Waals surface area contributed by atoms with Crippen molar-refractivity contribution < 1.29 is 37.4 Å². The van der Waals surface area contributed by atoms with E-state index in [0.717, 1.165) is 17.7 Å². The number of benzene rings is 4. The van der Waals surface area contributed by atoms with E-state index in [1.54, 1.807) is 63.2 Å². The molecule has 0 saturated carbocycles. The lowest BCUT2D eigenvalue weighted by molar-refractivity contribution is -0.138. The van der Waals surface area contributed by atoms with E-state index in [9.17, 15) is 33.0 Å². The Morgan fingerprint density at radius 2 is 1.66 bits per heavy atom. The highest BCUT2D eigenvalue weighted by molar-refractivity contribution is 6.09. The van der Waals surface area contributed by atoms with Gasteiger partial charge < -0.3 is 15.5 Å². The van der Waals surface area contributed by atoms with Gasteiger partial charge in [0.2, 0.25) is 5.91 Å². The molecule has 2 amide bonds. The van der Waals surface area contributed by atoms with Gasteiger partial charge in [-0.2, -0.15) is 13.2 Å². The van der Waals surface area contributed by atoms with Crippen LogP contribution in [0.25, 0.3) is 0 Å². The van der Waals surface area contributed by atoms with Gasteiger partial charge in [0.15, 0.2) is 0 Å². The number of aryl methyl sites for hydroxylation is 2. The molecule has 1 aliphatic rings. The minimum Gasteiger partial charge on any atom is -0.392 e. The van der Waals surface area contributed by atoms with Crippen molar-refractivity contribution in [2.45, 2.75) is 64.5 Å². The second-order valence-corrected chi connectivity index (χ2v) is 12.6. The number of aliphatic hydroxyl groups is 2. The van der Waals surface area contributed by atoms with Gasteiger partial charge in [-0.05, 0) is 92.1 Å². The summed E-state index contributed by atoms with van der Waals surface area (Å²) in [7, 11) is 0. The molecule has 0 spiro atoms. The van der Waals surface area contributed by atoms with Gasteiger partial charge in [0.25, 0.3) is 5.91 Å². The number of carbonyl (C=O) groups is 2. The van der Waals surface area contributed by atoms with Crippen LogP contribution in [0.1, 0.15) is 70.0 Å². The summed E-state index contributed by atoms with van der Waals surface area (Å²) in [5, 5.41) is 22.3. The molecule has 5 rings (SSSR count). The zero-order chi connectivity index (χ0) is 34.1. The second-order valence-electron chi connectivity index (χ2n) is 12.6. The van der Waals surface area contributed by atoms with E-state index in [4.69, 9.17) is 0 Å². The molecule has 47 heavy (non-hydrogen) atoms. The summed E-state index contributed by atoms with van der Waals surface area (Å²) < 4.78 is 56.6. The zero-order valence-corrected chi connectivity index (χ0v) is 26.2. The molecular formula is C37H36F4N2O4. The van der Waals surface area contributed by atoms with Crippen LogP contribution in [0.2, 0.25) is 0 Å². The van der Waals surface area contributed by atoms with Crippen LogP contribution in [0.15, 0.2) is 84.9 Å². The minimum absolute atomic E-state index is 0.123. The molecule has 2 atom stereocenters. The Hall–Kier alpha value is -4.54. The fourth-order valence-corrected chi connectivity index (χ4v) is 6.10. The summed E-state index contributed by atoms with van der Waals surface area (Å²) in [6.07, 6.45) is -3.54. The fraction of sp³-hybridized carbons (Fsp3) is 0.297. The largest absolute Gasteiger partial charge is 0.416 e. The van der Waals surface area contributed by atoms with Gasteiger partial charge in [-0.3, -0.25) is 14.5 Å². The van der Waals surface area contributed by atoms with Gasteiger partial charge in [0.05, 0.1) is 35.3 Å². The van der Waals surface area contributed by atoms with Crippen molar-refractivity contribution in [3.8, 4) is 0 Å². The lowest BCUT2D eigenvalue weighted by atomic mass is 9.80. The molecule has 10 heteroatoms. The van der Waals surface area contributed by atoms with Crippen LogP contribution < -0.4 is 10.2 Å². The standard InChI is InChI=1S/C37H36F4N2O4/c1-22-7-6-9-30(38)32(22)35(46)43-31-10-5-4-8-25(31)19-28(33(43)24-13-11-23(12-14-24)17-18-36(2,3)47)34(45)42-27-16-15-26(21-44)29(20-27)37(39,40)41/h4-16,20,28,33,44,47H,17-19,21H2,1-3H3,(H,42,45). The number of rotatable bonds is 8. The van der Waals surface area contributed by atoms with Crippen LogP contribution in [0.3, 0.4) is 0 Å². The van der Waals surface area contributed by atoms with Crippen LogP contribution in [-0.4, -0.2) is 27.6 Å². The summed E-state index contributed by atoms with van der Waals surface area (Å²) in [5.41, 5.74) is 0.470. The number of hydrogen-bond acceptors (Lipinski definition) is 4. The number of halogens is 4. The van der Waals surface area contributed by atoms with Gasteiger partial charge in [-0.1, -0.05) is 60.7 Å². The Bertz CT molecular complexity index is 1760. The Labute approximate surface area is 270 Å². The molecule has 4 aromatic rings. The van der Waals surface area contributed by atoms with E-state index in [0.29, 0.717) is 35.2 Å². The topological polar surface area (TPSA) is 89.9 Å². The maximum atomic E-state index is 15.3. The summed E-state index contributed by atoms with van der Waals surface area (Å²) in [6.45, 7) is 4.22. The van der Waals surface area contributed by atoms with Gasteiger partial charge in [0.1, 0.15) is 5.82 Å². The first-order valence-electron chi connectivity index (χ1n) is 15.3. The Morgan fingerprint density at radius 3 is 2.30 bits per heavy atom. The van der Waals surface area contributed by atoms with Gasteiger partial charge in [0, 0.05) is 11.4 Å². The number of fused-ring (bicyclic) bond motifs is 1. The number of alkyl halides is 3. The Morgan fingerprint density at radius 1 is 0.957 bits per heavy atom. The lowest BCUT2D eigenvalue weighted by Crippen LogP contribution is -2.47. The summed E-state index contributed by atoms with van der Waals surface area (Å²) >= 11 is 0. The highest BCUT2D eigenvalue weighted by atomic mass is 19.4. The van der Waals surface area contributed by atoms with Crippen molar-refractivity contribution in [1.82, 2.24) is 0 Å². The maximum Gasteiger partial charge on any atom is 0.416 e. The predicted molar refractivity (Wildman–Crippen MR) is 171 cm³/mol. The monoisotopic (exact) mass is 648 g/mol. The third kappa shape index (κ3) is 7.39. The highest BCUT2D eigenvalue weighted by Gasteiger charge is 2.43. The average molecular weight is 649 g/mol. The third-order valence-electron chi connectivity index (χ3n) is 8.54. The van der Waals surface area contributed by atoms with Crippen LogP contribution in [0.5, 0.6) is 0 Å². The average Bonchev–Trinajstić information content (AvgIpc) is 3.02. The molecule has 3 N–H and O–H groups in total. The molecular weight excluding hydrogens is 612 g/mol. The Kier molecular flexibility index (Phi) is 9.56. The van der Waals surface area contributed by atoms with Crippen molar-refractivity contribution in [3.05, 3.63) is 130 Å². The molecule has 4 aromatic carbocycles. The second kappa shape index (κ2) is 13.3. The molecule has 0 aromatic heterocycles. The summed E-state index contributed by atoms with van der Waals surface area (Å²) in [5.74, 6) is -3.00. The first kappa shape index (κ1) is 33.8. The number of nitrogens with zero attached hydrogens (tertiary/aromatic N) is 1. The van der Waals surface area contributed by atoms with E-state index in [2.05, 4.69) is 5.32 Å². The highest BCUT2D eigenvalue weighted by Crippen LogP contribution is 2.44. The number of aliphatic hydroxyl groups excluding tert-OH is 1. The number of amides is 2. The van der Waals surface area contributed by atoms with E-state index in [1.165, 1.54) is 23.1 Å². The Balaban J connectivity index is 1.61. The van der Waals surface area contributed by atoms with Crippen LogP contribution in [-0.2, 0) is 30.4 Å². The van der Waals surface area contributed by atoms with Gasteiger partial charge >= 0.3 is 6.18 Å². The molecule has 6 nitrogen and oxygen atoms in total. The lowest BCUT2D eigenvalue weighted by Gasteiger charge is -2.42. The smallest absolute Gasteiger partial charge is 0.392 e. The van der Waals surface area contributed by atoms with Gasteiger partial charge in [-0.15, -0.1) is 0 Å². The van der Waals surface area contributed by atoms with E-state index in [1.807, 2.05) is 12.1 Å². The van der Waals surface area contributed by atoms with E-state index < -0.39 is 53.5 Å². The maximum absolute atomic E-state index is 15.3. The van der Waals surface area contributed by atoms with Crippen molar-refractivity contribution in [2.75, 3.05) is 10.2 Å². The molecule has 0 radical (unpaired) electrons. The molecule has 0 fully saturated rings. The number of para-hydroxylation sites is 1. The number of anilines is 2. The number of carbonyl (C=O) groups excluding carboxylic acids is 2. The third-order valence-corrected chi connectivity index (χ3v) is 8.54. The molecule has 0 aliphatic carbocycles. The minimum atomic E-state index is -4.76. The molecule has 1 heterocycles. The molecule has 246 valence electrons. The van der Waals surface area contributed by atoms with Crippen molar-refractivity contribution in [3.63, 3.8) is 0 Å². The van der Waals surface area contributed by atoms with E-state index in [-0.39, 0.29) is 23.2 Å². The SMILES string of the molecule is Cc1cccc(F)c1C(=O)N1c2ccccc2CC(C(=O)Nc2ccc(CO)c(C(F)(F)F)c2)C1c1ccc(CCC(C)(C)O)cc1. The van der Waals surface area contributed by atoms with Crippen molar-refractivity contribution >= 4 is 23.2 Å². The van der Waals surface area contributed by atoms with Crippen molar-refractivity contribution in [2.24, 2.45) is 5.92 Å². The summed E-state index contributed by atoms with van der Waals surface area (Å²) in [6, 6.07) is 20.8. The molecule has 2 unspecified atom stereocenters. The summed E-state index contributed by atoms with van der Waals surface area (Å²) in [4.78, 5) is 29.9. The number of nitrogens with one attached hydrogen (secondary N) is 1. The van der Waals surface area contributed by atoms with Crippen LogP contribution in [0.4, 0.5) is 28.9 Å². The van der Waals surface area contributed by atoms with Crippen LogP contribution in [0, 0.1) is 18.7 Å². The van der Waals surface area contributed by atoms with Crippen molar-refractivity contribution in [1.29, 1.82) is 0 Å². The number of hydrogen-bond donors (Lipinski definition) is 3. The molecule has 0 saturated heterocycles. The first-order valence-corrected chi connectivity index (χ1v) is 15.3. The molecule has 1 aliphatic heterocycles. The zero-order valence-electron chi connectivity index (χ0n) is 26.2.